The van der Waals surface area contributed by atoms with E-state index in [9.17, 15) is 18.0 Å². The van der Waals surface area contributed by atoms with Crippen LogP contribution in [-0.2, 0) is 10.0 Å². The maximum Gasteiger partial charge on any atom is 0.335 e. The third kappa shape index (κ3) is 5.21. The molecule has 3 aromatic carbocycles. The number of nitrogens with one attached hydrogen (secondary N) is 2. The molecule has 148 valence electrons. The molecular weight excluding hydrogens is 460 g/mol. The fraction of sp³-hybridized carbons (Fsp3) is 0. The summed E-state index contributed by atoms with van der Waals surface area (Å²) in [5.41, 5.74) is 0.785. The monoisotopic (exact) mass is 474 g/mol. The van der Waals surface area contributed by atoms with Crippen LogP contribution < -0.4 is 10.0 Å². The quantitative estimate of drug-likeness (QED) is 0.495. The highest BCUT2D eigenvalue weighted by molar-refractivity contribution is 9.10. The van der Waals surface area contributed by atoms with Crippen molar-refractivity contribution in [2.45, 2.75) is 4.90 Å². The maximum atomic E-state index is 12.7. The van der Waals surface area contributed by atoms with Gasteiger partial charge in [0.2, 0.25) is 0 Å². The van der Waals surface area contributed by atoms with Crippen molar-refractivity contribution in [2.24, 2.45) is 0 Å². The van der Waals surface area contributed by atoms with Crippen LogP contribution in [0.1, 0.15) is 20.7 Å². The van der Waals surface area contributed by atoms with Gasteiger partial charge in [-0.25, -0.2) is 13.2 Å². The molecule has 0 aliphatic rings. The highest BCUT2D eigenvalue weighted by Gasteiger charge is 2.17. The number of anilines is 2. The number of amides is 1. The van der Waals surface area contributed by atoms with Crippen LogP contribution in [0.15, 0.2) is 82.2 Å². The van der Waals surface area contributed by atoms with E-state index in [2.05, 4.69) is 26.0 Å². The number of benzene rings is 3. The predicted molar refractivity (Wildman–Crippen MR) is 113 cm³/mol. The molecule has 0 atom stereocenters. The number of rotatable bonds is 6. The number of aromatic carboxylic acids is 1. The van der Waals surface area contributed by atoms with E-state index in [-0.39, 0.29) is 21.7 Å². The van der Waals surface area contributed by atoms with Crippen molar-refractivity contribution in [3.8, 4) is 0 Å². The number of carbonyl (C=O) groups excluding carboxylic acids is 1. The Hall–Kier alpha value is -3.17. The molecule has 0 saturated carbocycles. The average molecular weight is 475 g/mol. The number of carboxylic acid groups (broad SMARTS) is 1. The van der Waals surface area contributed by atoms with Gasteiger partial charge in [-0.2, -0.15) is 0 Å². The zero-order valence-corrected chi connectivity index (χ0v) is 17.2. The molecule has 0 radical (unpaired) electrons. The standard InChI is InChI=1S/C20H15BrN2O5S/c21-15-7-9-16(10-8-15)22-19(24)13-3-2-6-18(12-13)29(27,28)23-17-5-1-4-14(11-17)20(25)26/h1-12,23H,(H,22,24)(H,25,26). The Morgan fingerprint density at radius 2 is 1.48 bits per heavy atom. The first-order valence-corrected chi connectivity index (χ1v) is 10.6. The Morgan fingerprint density at radius 3 is 2.17 bits per heavy atom. The van der Waals surface area contributed by atoms with Gasteiger partial charge in [0, 0.05) is 21.4 Å². The zero-order chi connectivity index (χ0) is 21.0. The van der Waals surface area contributed by atoms with Gasteiger partial charge in [0.15, 0.2) is 0 Å². The van der Waals surface area contributed by atoms with Gasteiger partial charge < -0.3 is 10.4 Å². The minimum atomic E-state index is -4.02. The van der Waals surface area contributed by atoms with E-state index in [1.165, 1.54) is 48.5 Å². The Labute approximate surface area is 175 Å². The molecule has 0 spiro atoms. The van der Waals surface area contributed by atoms with Crippen LogP contribution in [0.3, 0.4) is 0 Å². The normalized spacial score (nSPS) is 10.9. The van der Waals surface area contributed by atoms with E-state index in [1.54, 1.807) is 24.3 Å². The first-order valence-electron chi connectivity index (χ1n) is 8.28. The summed E-state index contributed by atoms with van der Waals surface area (Å²) in [5.74, 6) is -1.63. The lowest BCUT2D eigenvalue weighted by Gasteiger charge is -2.10. The summed E-state index contributed by atoms with van der Waals surface area (Å²) < 4.78 is 28.5. The van der Waals surface area contributed by atoms with Crippen molar-refractivity contribution in [2.75, 3.05) is 10.0 Å². The lowest BCUT2D eigenvalue weighted by molar-refractivity contribution is 0.0696. The van der Waals surface area contributed by atoms with Gasteiger partial charge in [-0.05, 0) is 60.7 Å². The zero-order valence-electron chi connectivity index (χ0n) is 14.8. The molecule has 3 aromatic rings. The second-order valence-electron chi connectivity index (χ2n) is 5.98. The number of halogens is 1. The van der Waals surface area contributed by atoms with Crippen LogP contribution in [0.2, 0.25) is 0 Å². The molecule has 7 nitrogen and oxygen atoms in total. The van der Waals surface area contributed by atoms with Crippen LogP contribution in [0, 0.1) is 0 Å². The Bertz CT molecular complexity index is 1180. The largest absolute Gasteiger partial charge is 0.478 e. The first kappa shape index (κ1) is 20.6. The predicted octanol–water partition coefficient (Wildman–Crippen LogP) is 4.20. The van der Waals surface area contributed by atoms with E-state index in [1.807, 2.05) is 0 Å². The molecule has 0 heterocycles. The number of hydrogen-bond acceptors (Lipinski definition) is 4. The minimum Gasteiger partial charge on any atom is -0.478 e. The van der Waals surface area contributed by atoms with Crippen LogP contribution in [-0.4, -0.2) is 25.4 Å². The highest BCUT2D eigenvalue weighted by Crippen LogP contribution is 2.20. The van der Waals surface area contributed by atoms with Crippen molar-refractivity contribution >= 4 is 49.2 Å². The molecule has 0 aromatic heterocycles. The lowest BCUT2D eigenvalue weighted by atomic mass is 10.2. The number of sulfonamides is 1. The Balaban J connectivity index is 1.82. The van der Waals surface area contributed by atoms with E-state index < -0.39 is 21.9 Å². The maximum absolute atomic E-state index is 12.7. The molecule has 3 rings (SSSR count). The lowest BCUT2D eigenvalue weighted by Crippen LogP contribution is -2.16. The average Bonchev–Trinajstić information content (AvgIpc) is 2.69. The summed E-state index contributed by atoms with van der Waals surface area (Å²) in [6.45, 7) is 0. The van der Waals surface area contributed by atoms with E-state index in [4.69, 9.17) is 5.11 Å². The number of carbonyl (C=O) groups is 2. The molecule has 0 fully saturated rings. The second kappa shape index (κ2) is 8.46. The van der Waals surface area contributed by atoms with Crippen LogP contribution in [0.25, 0.3) is 0 Å². The molecule has 9 heteroatoms. The summed E-state index contributed by atoms with van der Waals surface area (Å²) in [4.78, 5) is 23.4. The molecule has 29 heavy (non-hydrogen) atoms. The first-order chi connectivity index (χ1) is 13.7. The molecule has 3 N–H and O–H groups in total. The molecule has 0 saturated heterocycles. The summed E-state index contributed by atoms with van der Waals surface area (Å²) in [5, 5.41) is 11.7. The molecule has 0 unspecified atom stereocenters. The van der Waals surface area contributed by atoms with Crippen molar-refractivity contribution in [1.29, 1.82) is 0 Å². The van der Waals surface area contributed by atoms with Crippen molar-refractivity contribution in [3.63, 3.8) is 0 Å². The van der Waals surface area contributed by atoms with Crippen LogP contribution >= 0.6 is 15.9 Å². The smallest absolute Gasteiger partial charge is 0.335 e. The molecule has 0 aliphatic carbocycles. The second-order valence-corrected chi connectivity index (χ2v) is 8.58. The van der Waals surface area contributed by atoms with Gasteiger partial charge >= 0.3 is 5.97 Å². The number of carboxylic acids is 1. The summed E-state index contributed by atoms with van der Waals surface area (Å²) in [6.07, 6.45) is 0. The SMILES string of the molecule is O=C(O)c1cccc(NS(=O)(=O)c2cccc(C(=O)Nc3ccc(Br)cc3)c2)c1. The third-order valence-electron chi connectivity index (χ3n) is 3.87. The van der Waals surface area contributed by atoms with Gasteiger partial charge in [-0.15, -0.1) is 0 Å². The number of hydrogen-bond donors (Lipinski definition) is 3. The van der Waals surface area contributed by atoms with Gasteiger partial charge in [-0.3, -0.25) is 9.52 Å². The Kier molecular flexibility index (Phi) is 6.00. The summed E-state index contributed by atoms with van der Waals surface area (Å²) >= 11 is 3.31. The fourth-order valence-electron chi connectivity index (χ4n) is 2.47. The van der Waals surface area contributed by atoms with Crippen molar-refractivity contribution in [1.82, 2.24) is 0 Å². The molecule has 1 amide bonds. The van der Waals surface area contributed by atoms with Crippen LogP contribution in [0.4, 0.5) is 11.4 Å². The van der Waals surface area contributed by atoms with Crippen LogP contribution in [0.5, 0.6) is 0 Å². The molecular formula is C20H15BrN2O5S. The van der Waals surface area contributed by atoms with Gasteiger partial charge in [-0.1, -0.05) is 28.1 Å². The third-order valence-corrected chi connectivity index (χ3v) is 5.78. The molecule has 0 bridgehead atoms. The van der Waals surface area contributed by atoms with E-state index in [0.717, 1.165) is 4.47 Å². The van der Waals surface area contributed by atoms with Crippen molar-refractivity contribution in [3.05, 3.63) is 88.4 Å². The summed E-state index contributed by atoms with van der Waals surface area (Å²) in [6, 6.07) is 17.9. The molecule has 0 aliphatic heterocycles. The van der Waals surface area contributed by atoms with E-state index >= 15 is 0 Å². The van der Waals surface area contributed by atoms with Gasteiger partial charge in [0.25, 0.3) is 15.9 Å². The van der Waals surface area contributed by atoms with Gasteiger partial charge in [0.1, 0.15) is 0 Å². The highest BCUT2D eigenvalue weighted by atomic mass is 79.9. The fourth-order valence-corrected chi connectivity index (χ4v) is 3.83. The van der Waals surface area contributed by atoms with E-state index in [0.29, 0.717) is 5.69 Å². The summed E-state index contributed by atoms with van der Waals surface area (Å²) in [7, 11) is -4.02. The topological polar surface area (TPSA) is 113 Å². The van der Waals surface area contributed by atoms with Gasteiger partial charge in [0.05, 0.1) is 10.5 Å². The van der Waals surface area contributed by atoms with Crippen molar-refractivity contribution < 1.29 is 23.1 Å². The minimum absolute atomic E-state index is 0.0483. The Morgan fingerprint density at radius 1 is 0.828 bits per heavy atom.